The molecule has 0 aliphatic heterocycles. The molecule has 2 amide bonds. The van der Waals surface area contributed by atoms with Crippen LogP contribution in [0.3, 0.4) is 0 Å². The number of nitrogens with zero attached hydrogens (tertiary/aromatic N) is 2. The molecule has 0 unspecified atom stereocenters. The lowest BCUT2D eigenvalue weighted by Gasteiger charge is -2.35. The van der Waals surface area contributed by atoms with Crippen LogP contribution in [0.15, 0.2) is 119 Å². The second kappa shape index (κ2) is 14.2. The van der Waals surface area contributed by atoms with Crippen molar-refractivity contribution in [3.05, 3.63) is 130 Å². The van der Waals surface area contributed by atoms with Crippen LogP contribution >= 0.6 is 15.9 Å². The molecule has 0 fully saturated rings. The van der Waals surface area contributed by atoms with Gasteiger partial charge in [0.15, 0.2) is 0 Å². The van der Waals surface area contributed by atoms with E-state index in [1.54, 1.807) is 36.4 Å². The largest absolute Gasteiger partial charge is 0.350 e. The Morgan fingerprint density at radius 1 is 0.818 bits per heavy atom. The Morgan fingerprint density at radius 2 is 1.43 bits per heavy atom. The van der Waals surface area contributed by atoms with Gasteiger partial charge in [0.05, 0.1) is 10.6 Å². The van der Waals surface area contributed by atoms with E-state index in [2.05, 4.69) is 21.2 Å². The summed E-state index contributed by atoms with van der Waals surface area (Å²) in [5, 5.41) is 3.05. The number of anilines is 1. The molecule has 4 aromatic rings. The molecular weight excluding hydrogens is 638 g/mol. The summed E-state index contributed by atoms with van der Waals surface area (Å²) in [5.74, 6) is -0.821. The van der Waals surface area contributed by atoms with Crippen molar-refractivity contribution >= 4 is 43.5 Å². The maximum Gasteiger partial charge on any atom is 0.264 e. The molecule has 0 aromatic heterocycles. The van der Waals surface area contributed by atoms with Gasteiger partial charge in [-0.05, 0) is 80.8 Å². The lowest BCUT2D eigenvalue weighted by Crippen LogP contribution is -2.56. The smallest absolute Gasteiger partial charge is 0.264 e. The van der Waals surface area contributed by atoms with Crippen molar-refractivity contribution < 1.29 is 18.0 Å². The number of benzene rings is 4. The third kappa shape index (κ3) is 8.80. The van der Waals surface area contributed by atoms with Crippen LogP contribution in [0.4, 0.5) is 5.69 Å². The molecule has 0 saturated heterocycles. The molecule has 0 aliphatic rings. The molecule has 1 N–H and O–H groups in total. The first-order valence-electron chi connectivity index (χ1n) is 14.4. The summed E-state index contributed by atoms with van der Waals surface area (Å²) in [7, 11) is -4.13. The number of hydrogen-bond acceptors (Lipinski definition) is 4. The molecule has 4 rings (SSSR count). The second-order valence-electron chi connectivity index (χ2n) is 11.8. The minimum atomic E-state index is -4.13. The molecule has 44 heavy (non-hydrogen) atoms. The first-order chi connectivity index (χ1) is 20.8. The van der Waals surface area contributed by atoms with Crippen LogP contribution in [0, 0.1) is 6.92 Å². The number of hydrogen-bond donors (Lipinski definition) is 1. The highest BCUT2D eigenvalue weighted by Gasteiger charge is 2.35. The first kappa shape index (κ1) is 33.0. The normalized spacial score (nSPS) is 12.3. The fourth-order valence-corrected chi connectivity index (χ4v) is 6.52. The van der Waals surface area contributed by atoms with Crippen molar-refractivity contribution in [2.24, 2.45) is 0 Å². The van der Waals surface area contributed by atoms with Gasteiger partial charge in [-0.2, -0.15) is 0 Å². The summed E-state index contributed by atoms with van der Waals surface area (Å²) in [6.45, 7) is 7.14. The molecule has 4 aromatic carbocycles. The zero-order chi connectivity index (χ0) is 31.9. The van der Waals surface area contributed by atoms with Gasteiger partial charge in [-0.1, -0.05) is 88.7 Å². The lowest BCUT2D eigenvalue weighted by atomic mass is 10.0. The van der Waals surface area contributed by atoms with Crippen LogP contribution in [0.5, 0.6) is 0 Å². The number of nitrogens with one attached hydrogen (secondary N) is 1. The number of carbonyl (C=O) groups is 2. The van der Waals surface area contributed by atoms with E-state index < -0.39 is 34.1 Å². The first-order valence-corrected chi connectivity index (χ1v) is 16.6. The summed E-state index contributed by atoms with van der Waals surface area (Å²) >= 11 is 3.46. The van der Waals surface area contributed by atoms with Crippen LogP contribution in [0.25, 0.3) is 0 Å². The summed E-state index contributed by atoms with van der Waals surface area (Å²) in [4.78, 5) is 30.0. The van der Waals surface area contributed by atoms with E-state index >= 15 is 0 Å². The van der Waals surface area contributed by atoms with Crippen LogP contribution in [0.1, 0.15) is 37.5 Å². The molecule has 0 spiro atoms. The van der Waals surface area contributed by atoms with Crippen molar-refractivity contribution in [3.63, 3.8) is 0 Å². The summed E-state index contributed by atoms with van der Waals surface area (Å²) in [5.41, 5.74) is 2.34. The highest BCUT2D eigenvalue weighted by molar-refractivity contribution is 9.10. The zero-order valence-electron chi connectivity index (χ0n) is 25.4. The van der Waals surface area contributed by atoms with Crippen LogP contribution in [-0.4, -0.2) is 43.3 Å². The number of halogens is 1. The molecule has 0 bridgehead atoms. The molecule has 7 nitrogen and oxygen atoms in total. The average molecular weight is 677 g/mol. The quantitative estimate of drug-likeness (QED) is 0.196. The lowest BCUT2D eigenvalue weighted by molar-refractivity contribution is -0.140. The van der Waals surface area contributed by atoms with Crippen LogP contribution in [0.2, 0.25) is 0 Å². The molecular formula is C35H38BrN3O4S. The average Bonchev–Trinajstić information content (AvgIpc) is 2.98. The van der Waals surface area contributed by atoms with E-state index in [-0.39, 0.29) is 23.8 Å². The Labute approximate surface area is 269 Å². The topological polar surface area (TPSA) is 86.8 Å². The standard InChI is InChI=1S/C35H38BrN3O4S/c1-26-12-11-15-30(22-26)39(44(42,43)31-16-9-6-10-17-31)25-33(40)38(24-28-18-20-29(36)21-19-28)32(34(41)37-35(2,3)4)23-27-13-7-5-8-14-27/h5-22,32H,23-25H2,1-4H3,(H,37,41)/t32-/m0/s1. The fourth-order valence-electron chi connectivity index (χ4n) is 4.82. The van der Waals surface area contributed by atoms with Gasteiger partial charge >= 0.3 is 0 Å². The number of rotatable bonds is 11. The Kier molecular flexibility index (Phi) is 10.7. The van der Waals surface area contributed by atoms with Crippen molar-refractivity contribution in [3.8, 4) is 0 Å². The molecule has 230 valence electrons. The van der Waals surface area contributed by atoms with Gasteiger partial charge in [0, 0.05) is 23.0 Å². The van der Waals surface area contributed by atoms with Gasteiger partial charge in [0.25, 0.3) is 10.0 Å². The Hall–Kier alpha value is -3.95. The summed E-state index contributed by atoms with van der Waals surface area (Å²) in [6, 6.07) is 31.2. The van der Waals surface area contributed by atoms with E-state index in [1.807, 2.05) is 88.4 Å². The molecule has 0 heterocycles. The maximum absolute atomic E-state index is 14.5. The van der Waals surface area contributed by atoms with Crippen molar-refractivity contribution in [1.82, 2.24) is 10.2 Å². The maximum atomic E-state index is 14.5. The van der Waals surface area contributed by atoms with E-state index in [4.69, 9.17) is 0 Å². The van der Waals surface area contributed by atoms with E-state index in [9.17, 15) is 18.0 Å². The van der Waals surface area contributed by atoms with Crippen molar-refractivity contribution in [2.45, 2.75) is 57.1 Å². The predicted molar refractivity (Wildman–Crippen MR) is 179 cm³/mol. The van der Waals surface area contributed by atoms with Gasteiger partial charge in [-0.25, -0.2) is 8.42 Å². The van der Waals surface area contributed by atoms with Gasteiger partial charge < -0.3 is 10.2 Å². The van der Waals surface area contributed by atoms with E-state index in [0.29, 0.717) is 5.69 Å². The predicted octanol–water partition coefficient (Wildman–Crippen LogP) is 6.51. The van der Waals surface area contributed by atoms with E-state index in [0.717, 1.165) is 25.5 Å². The van der Waals surface area contributed by atoms with E-state index in [1.165, 1.54) is 17.0 Å². The highest BCUT2D eigenvalue weighted by Crippen LogP contribution is 2.26. The van der Waals surface area contributed by atoms with Gasteiger partial charge in [0.2, 0.25) is 11.8 Å². The minimum absolute atomic E-state index is 0.0695. The number of sulfonamides is 1. The van der Waals surface area contributed by atoms with Crippen molar-refractivity contribution in [1.29, 1.82) is 0 Å². The summed E-state index contributed by atoms with van der Waals surface area (Å²) in [6.07, 6.45) is 0.251. The number of aryl methyl sites for hydroxylation is 1. The Bertz CT molecular complexity index is 1670. The minimum Gasteiger partial charge on any atom is -0.350 e. The van der Waals surface area contributed by atoms with Gasteiger partial charge in [-0.3, -0.25) is 13.9 Å². The molecule has 0 radical (unpaired) electrons. The monoisotopic (exact) mass is 675 g/mol. The summed E-state index contributed by atoms with van der Waals surface area (Å²) < 4.78 is 30.1. The van der Waals surface area contributed by atoms with Crippen LogP contribution in [-0.2, 0) is 32.6 Å². The van der Waals surface area contributed by atoms with Crippen molar-refractivity contribution in [2.75, 3.05) is 10.8 Å². The molecule has 0 aliphatic carbocycles. The number of amides is 2. The fraction of sp³-hybridized carbons (Fsp3) is 0.257. The third-order valence-corrected chi connectivity index (χ3v) is 9.25. The molecule has 1 atom stereocenters. The van der Waals surface area contributed by atoms with Crippen LogP contribution < -0.4 is 9.62 Å². The molecule has 0 saturated carbocycles. The molecule has 9 heteroatoms. The van der Waals surface area contributed by atoms with Gasteiger partial charge in [-0.15, -0.1) is 0 Å². The Balaban J connectivity index is 1.81. The third-order valence-electron chi connectivity index (χ3n) is 6.94. The SMILES string of the molecule is Cc1cccc(N(CC(=O)N(Cc2ccc(Br)cc2)[C@@H](Cc2ccccc2)C(=O)NC(C)(C)C)S(=O)(=O)c2ccccc2)c1. The highest BCUT2D eigenvalue weighted by atomic mass is 79.9. The second-order valence-corrected chi connectivity index (χ2v) is 14.5. The van der Waals surface area contributed by atoms with Gasteiger partial charge in [0.1, 0.15) is 12.6 Å². The zero-order valence-corrected chi connectivity index (χ0v) is 27.8. The Morgan fingerprint density at radius 3 is 2.02 bits per heavy atom. The number of carbonyl (C=O) groups excluding carboxylic acids is 2.